The Labute approximate surface area is 187 Å². The Balaban J connectivity index is 1.50. The van der Waals surface area contributed by atoms with E-state index in [1.807, 2.05) is 0 Å². The van der Waals surface area contributed by atoms with Crippen LogP contribution in [0.1, 0.15) is 51.9 Å². The van der Waals surface area contributed by atoms with Gasteiger partial charge in [0.2, 0.25) is 5.91 Å². The van der Waals surface area contributed by atoms with Gasteiger partial charge in [-0.15, -0.1) is 0 Å². The number of pyridine rings is 1. The summed E-state index contributed by atoms with van der Waals surface area (Å²) in [5.41, 5.74) is 0.0344. The van der Waals surface area contributed by atoms with Crippen molar-refractivity contribution in [3.63, 3.8) is 0 Å². The number of rotatable bonds is 4. The molecule has 170 valence electrons. The van der Waals surface area contributed by atoms with Crippen molar-refractivity contribution in [2.45, 2.75) is 64.0 Å². The summed E-state index contributed by atoms with van der Waals surface area (Å²) in [6, 6.07) is 1.88. The molecule has 2 saturated heterocycles. The Morgan fingerprint density at radius 3 is 2.68 bits per heavy atom. The maximum absolute atomic E-state index is 13.5. The standard InChI is InChI=1S/C22H31ClN4O4/c1-2-26(21(30)31)16-12-18(23)19(24-13-16)25-10-3-8-22(14-25)9-11-27(20(22)29)15-4-6-17(28)7-5-15/h12-13,15,17,28H,2-11,14H2,1H3,(H,30,31)/t15-,17-,22?. The predicted octanol–water partition coefficient (Wildman–Crippen LogP) is 3.36. The lowest BCUT2D eigenvalue weighted by molar-refractivity contribution is -0.139. The molecule has 2 aliphatic heterocycles. The molecule has 8 nitrogen and oxygen atoms in total. The summed E-state index contributed by atoms with van der Waals surface area (Å²) in [7, 11) is 0. The SMILES string of the molecule is CCN(C(=O)O)c1cnc(N2CCCC3(CCN([C@H]4CC[C@H](O)CC4)C3=O)C2)c(Cl)c1. The third-order valence-electron chi connectivity index (χ3n) is 7.20. The van der Waals surface area contributed by atoms with Gasteiger partial charge in [0.25, 0.3) is 0 Å². The minimum atomic E-state index is -1.04. The van der Waals surface area contributed by atoms with Crippen LogP contribution in [0.4, 0.5) is 16.3 Å². The molecule has 1 unspecified atom stereocenters. The number of aromatic nitrogens is 1. The van der Waals surface area contributed by atoms with Crippen LogP contribution < -0.4 is 9.80 Å². The predicted molar refractivity (Wildman–Crippen MR) is 119 cm³/mol. The molecular weight excluding hydrogens is 420 g/mol. The summed E-state index contributed by atoms with van der Waals surface area (Å²) < 4.78 is 0. The monoisotopic (exact) mass is 450 g/mol. The van der Waals surface area contributed by atoms with Gasteiger partial charge in [-0.3, -0.25) is 9.69 Å². The van der Waals surface area contributed by atoms with E-state index in [1.54, 1.807) is 13.0 Å². The van der Waals surface area contributed by atoms with Crippen molar-refractivity contribution in [1.29, 1.82) is 0 Å². The highest BCUT2D eigenvalue weighted by molar-refractivity contribution is 6.33. The number of amides is 2. The summed E-state index contributed by atoms with van der Waals surface area (Å²) in [5.74, 6) is 0.840. The molecule has 1 aliphatic carbocycles. The number of nitrogens with zero attached hydrogens (tertiary/aromatic N) is 4. The minimum absolute atomic E-state index is 0.228. The Kier molecular flexibility index (Phi) is 6.30. The van der Waals surface area contributed by atoms with Gasteiger partial charge in [-0.2, -0.15) is 0 Å². The number of likely N-dealkylation sites (tertiary alicyclic amines) is 1. The fourth-order valence-corrected chi connectivity index (χ4v) is 5.77. The zero-order valence-electron chi connectivity index (χ0n) is 18.0. The van der Waals surface area contributed by atoms with Gasteiger partial charge < -0.3 is 20.0 Å². The number of carboxylic acid groups (broad SMARTS) is 1. The Hall–Kier alpha value is -2.06. The minimum Gasteiger partial charge on any atom is -0.465 e. The lowest BCUT2D eigenvalue weighted by Crippen LogP contribution is -2.50. The molecule has 1 aromatic rings. The molecule has 2 amide bonds. The number of aliphatic hydroxyl groups excluding tert-OH is 1. The first kappa shape index (κ1) is 22.1. The average molecular weight is 451 g/mol. The van der Waals surface area contributed by atoms with Crippen LogP contribution in [0.15, 0.2) is 12.3 Å². The van der Waals surface area contributed by atoms with E-state index in [1.165, 1.54) is 11.1 Å². The van der Waals surface area contributed by atoms with Crippen LogP contribution in [0.2, 0.25) is 5.02 Å². The number of carbonyl (C=O) groups is 2. The number of anilines is 2. The van der Waals surface area contributed by atoms with E-state index >= 15 is 0 Å². The van der Waals surface area contributed by atoms with E-state index in [0.29, 0.717) is 29.6 Å². The zero-order chi connectivity index (χ0) is 22.2. The van der Waals surface area contributed by atoms with Crippen molar-refractivity contribution < 1.29 is 19.8 Å². The third kappa shape index (κ3) is 4.20. The number of halogens is 1. The number of hydrogen-bond donors (Lipinski definition) is 2. The van der Waals surface area contributed by atoms with E-state index in [2.05, 4.69) is 14.8 Å². The van der Waals surface area contributed by atoms with E-state index in [4.69, 9.17) is 11.6 Å². The first-order chi connectivity index (χ1) is 14.8. The summed E-state index contributed by atoms with van der Waals surface area (Å²) in [6.07, 6.45) is 6.14. The van der Waals surface area contributed by atoms with Crippen LogP contribution in [0, 0.1) is 5.41 Å². The fourth-order valence-electron chi connectivity index (χ4n) is 5.49. The molecule has 31 heavy (non-hydrogen) atoms. The highest BCUT2D eigenvalue weighted by Gasteiger charge is 2.51. The van der Waals surface area contributed by atoms with Crippen LogP contribution in [-0.2, 0) is 4.79 Å². The van der Waals surface area contributed by atoms with Crippen molar-refractivity contribution in [1.82, 2.24) is 9.88 Å². The average Bonchev–Trinajstić information content (AvgIpc) is 3.04. The molecule has 1 aromatic heterocycles. The maximum atomic E-state index is 13.5. The normalized spacial score (nSPS) is 28.9. The molecule has 1 atom stereocenters. The highest BCUT2D eigenvalue weighted by Crippen LogP contribution is 2.44. The summed E-state index contributed by atoms with van der Waals surface area (Å²) >= 11 is 6.52. The van der Waals surface area contributed by atoms with Gasteiger partial charge >= 0.3 is 6.09 Å². The number of hydrogen-bond acceptors (Lipinski definition) is 5. The first-order valence-corrected chi connectivity index (χ1v) is 11.6. The van der Waals surface area contributed by atoms with Crippen molar-refractivity contribution in [3.05, 3.63) is 17.3 Å². The highest BCUT2D eigenvalue weighted by atomic mass is 35.5. The fraction of sp³-hybridized carbons (Fsp3) is 0.682. The Bertz CT molecular complexity index is 845. The van der Waals surface area contributed by atoms with Crippen LogP contribution in [0.3, 0.4) is 0 Å². The number of aliphatic hydroxyl groups is 1. The van der Waals surface area contributed by atoms with Crippen molar-refractivity contribution in [2.24, 2.45) is 5.41 Å². The maximum Gasteiger partial charge on any atom is 0.411 e. The summed E-state index contributed by atoms with van der Waals surface area (Å²) in [5, 5.41) is 19.5. The van der Waals surface area contributed by atoms with E-state index in [9.17, 15) is 19.8 Å². The second-order valence-electron chi connectivity index (χ2n) is 9.04. The van der Waals surface area contributed by atoms with Gasteiger partial charge in [-0.25, -0.2) is 9.78 Å². The number of piperidine rings is 1. The van der Waals surface area contributed by atoms with Gasteiger partial charge in [0.15, 0.2) is 0 Å². The van der Waals surface area contributed by atoms with Crippen molar-refractivity contribution >= 4 is 35.1 Å². The third-order valence-corrected chi connectivity index (χ3v) is 7.47. The Morgan fingerprint density at radius 1 is 1.29 bits per heavy atom. The van der Waals surface area contributed by atoms with Gasteiger partial charge in [-0.05, 0) is 57.9 Å². The second-order valence-corrected chi connectivity index (χ2v) is 9.45. The first-order valence-electron chi connectivity index (χ1n) is 11.2. The van der Waals surface area contributed by atoms with E-state index in [0.717, 1.165) is 58.0 Å². The Morgan fingerprint density at radius 2 is 2.03 bits per heavy atom. The van der Waals surface area contributed by atoms with Crippen LogP contribution >= 0.6 is 11.6 Å². The molecule has 1 saturated carbocycles. The van der Waals surface area contributed by atoms with Crippen molar-refractivity contribution in [3.8, 4) is 0 Å². The quantitative estimate of drug-likeness (QED) is 0.730. The molecule has 3 heterocycles. The molecule has 0 aromatic carbocycles. The lowest BCUT2D eigenvalue weighted by Gasteiger charge is -2.41. The van der Waals surface area contributed by atoms with Crippen LogP contribution in [-0.4, -0.2) is 70.4 Å². The molecule has 9 heteroatoms. The molecule has 1 spiro atoms. The molecule has 3 aliphatic rings. The molecule has 3 fully saturated rings. The van der Waals surface area contributed by atoms with Crippen molar-refractivity contribution in [2.75, 3.05) is 36.0 Å². The van der Waals surface area contributed by atoms with Gasteiger partial charge in [0, 0.05) is 32.2 Å². The molecule has 0 bridgehead atoms. The molecule has 2 N–H and O–H groups in total. The summed E-state index contributed by atoms with van der Waals surface area (Å²) in [6.45, 7) is 4.20. The lowest BCUT2D eigenvalue weighted by atomic mass is 9.78. The molecule has 0 radical (unpaired) electrons. The van der Waals surface area contributed by atoms with E-state index in [-0.39, 0.29) is 18.1 Å². The van der Waals surface area contributed by atoms with Crippen LogP contribution in [0.25, 0.3) is 0 Å². The summed E-state index contributed by atoms with van der Waals surface area (Å²) in [4.78, 5) is 34.7. The zero-order valence-corrected chi connectivity index (χ0v) is 18.7. The van der Waals surface area contributed by atoms with Crippen LogP contribution in [0.5, 0.6) is 0 Å². The number of carbonyl (C=O) groups excluding carboxylic acids is 1. The second kappa shape index (κ2) is 8.82. The van der Waals surface area contributed by atoms with Gasteiger partial charge in [-0.1, -0.05) is 11.6 Å². The van der Waals surface area contributed by atoms with E-state index < -0.39 is 11.5 Å². The molecule has 4 rings (SSSR count). The van der Waals surface area contributed by atoms with Gasteiger partial charge in [0.1, 0.15) is 5.82 Å². The topological polar surface area (TPSA) is 97.2 Å². The largest absolute Gasteiger partial charge is 0.465 e. The van der Waals surface area contributed by atoms with Gasteiger partial charge in [0.05, 0.1) is 28.4 Å². The smallest absolute Gasteiger partial charge is 0.411 e. The molecular formula is C22H31ClN4O4.